The Morgan fingerprint density at radius 1 is 0.850 bits per heavy atom. The minimum absolute atomic E-state index is 0.0394. The second-order valence-electron chi connectivity index (χ2n) is 9.54. The van der Waals surface area contributed by atoms with E-state index < -0.39 is 84.7 Å². The zero-order chi connectivity index (χ0) is 30.6. The van der Waals surface area contributed by atoms with E-state index in [1.54, 1.807) is 13.8 Å². The molecule has 5 unspecified atom stereocenters. The predicted octanol–water partition coefficient (Wildman–Crippen LogP) is -2.18. The molecule has 0 heterocycles. The standard InChI is InChI=1S/C25H37N5O10/c1-12(2)21(25(39)40)30-18(33)11-27-22(36)16(8-9-19(34)35)28-23(37)17(29-24(38)20(26)13(3)31)10-14-4-6-15(32)7-5-14/h4-7,12-13,16-17,20-21,31-32H,8-11,26H2,1-3H3,(H,27,36)(H,28,37)(H,29,38)(H,30,33)(H,34,35)(H,39,40). The summed E-state index contributed by atoms with van der Waals surface area (Å²) in [5.41, 5.74) is 6.17. The molecule has 0 saturated heterocycles. The molecule has 5 atom stereocenters. The van der Waals surface area contributed by atoms with Gasteiger partial charge in [-0.05, 0) is 37.0 Å². The van der Waals surface area contributed by atoms with E-state index in [1.807, 2.05) is 0 Å². The van der Waals surface area contributed by atoms with Crippen LogP contribution in [0.5, 0.6) is 5.75 Å². The molecular weight excluding hydrogens is 530 g/mol. The van der Waals surface area contributed by atoms with E-state index in [9.17, 15) is 44.1 Å². The lowest BCUT2D eigenvalue weighted by molar-refractivity contribution is -0.143. The Kier molecular flexibility index (Phi) is 13.5. The highest BCUT2D eigenvalue weighted by Gasteiger charge is 2.30. The lowest BCUT2D eigenvalue weighted by atomic mass is 10.0. The first-order valence-corrected chi connectivity index (χ1v) is 12.5. The van der Waals surface area contributed by atoms with Crippen LogP contribution in [0.4, 0.5) is 0 Å². The van der Waals surface area contributed by atoms with Crippen molar-refractivity contribution in [2.45, 2.75) is 70.3 Å². The molecule has 4 amide bonds. The topological polar surface area (TPSA) is 257 Å². The van der Waals surface area contributed by atoms with E-state index in [-0.39, 0.29) is 18.6 Å². The van der Waals surface area contributed by atoms with Crippen molar-refractivity contribution >= 4 is 35.6 Å². The van der Waals surface area contributed by atoms with Crippen LogP contribution in [0.1, 0.15) is 39.2 Å². The number of aliphatic carboxylic acids is 2. The van der Waals surface area contributed by atoms with Gasteiger partial charge in [-0.25, -0.2) is 4.79 Å². The number of benzene rings is 1. The molecule has 0 fully saturated rings. The smallest absolute Gasteiger partial charge is 0.326 e. The van der Waals surface area contributed by atoms with E-state index in [0.29, 0.717) is 5.56 Å². The van der Waals surface area contributed by atoms with Crippen LogP contribution in [-0.2, 0) is 35.2 Å². The number of phenolic OH excluding ortho intramolecular Hbond substituents is 1. The van der Waals surface area contributed by atoms with E-state index >= 15 is 0 Å². The van der Waals surface area contributed by atoms with Gasteiger partial charge in [0.1, 0.15) is 29.9 Å². The zero-order valence-corrected chi connectivity index (χ0v) is 22.4. The average Bonchev–Trinajstić information content (AvgIpc) is 2.87. The second kappa shape index (κ2) is 16.0. The largest absolute Gasteiger partial charge is 0.508 e. The number of amides is 4. The summed E-state index contributed by atoms with van der Waals surface area (Å²) in [5.74, 6) is -6.50. The Hall–Kier alpha value is -4.24. The Morgan fingerprint density at radius 2 is 1.43 bits per heavy atom. The number of phenols is 1. The lowest BCUT2D eigenvalue weighted by Crippen LogP contribution is -2.58. The highest BCUT2D eigenvalue weighted by molar-refractivity contribution is 5.95. The molecule has 0 radical (unpaired) electrons. The summed E-state index contributed by atoms with van der Waals surface area (Å²) >= 11 is 0. The summed E-state index contributed by atoms with van der Waals surface area (Å²) < 4.78 is 0. The molecule has 222 valence electrons. The van der Waals surface area contributed by atoms with Gasteiger partial charge < -0.3 is 47.4 Å². The van der Waals surface area contributed by atoms with Gasteiger partial charge in [-0.3, -0.25) is 24.0 Å². The molecule has 40 heavy (non-hydrogen) atoms. The highest BCUT2D eigenvalue weighted by atomic mass is 16.4. The molecule has 0 spiro atoms. The number of aromatic hydroxyl groups is 1. The first kappa shape index (κ1) is 33.8. The monoisotopic (exact) mass is 567 g/mol. The van der Waals surface area contributed by atoms with Crippen molar-refractivity contribution in [2.24, 2.45) is 11.7 Å². The molecular formula is C25H37N5O10. The molecule has 0 aliphatic rings. The van der Waals surface area contributed by atoms with E-state index in [2.05, 4.69) is 21.3 Å². The maximum atomic E-state index is 13.2. The van der Waals surface area contributed by atoms with Crippen molar-refractivity contribution in [1.29, 1.82) is 0 Å². The minimum atomic E-state index is -1.44. The molecule has 15 nitrogen and oxygen atoms in total. The average molecular weight is 568 g/mol. The first-order chi connectivity index (χ1) is 18.6. The Bertz CT molecular complexity index is 1060. The third-order valence-corrected chi connectivity index (χ3v) is 5.78. The fraction of sp³-hybridized carbons (Fsp3) is 0.520. The van der Waals surface area contributed by atoms with Crippen molar-refractivity contribution in [2.75, 3.05) is 6.54 Å². The van der Waals surface area contributed by atoms with Crippen molar-refractivity contribution in [1.82, 2.24) is 21.3 Å². The van der Waals surface area contributed by atoms with Crippen LogP contribution in [0.25, 0.3) is 0 Å². The van der Waals surface area contributed by atoms with Crippen LogP contribution < -0.4 is 27.0 Å². The number of hydrogen-bond donors (Lipinski definition) is 9. The zero-order valence-electron chi connectivity index (χ0n) is 22.4. The Morgan fingerprint density at radius 3 is 1.93 bits per heavy atom. The summed E-state index contributed by atoms with van der Waals surface area (Å²) in [6.45, 7) is 3.79. The van der Waals surface area contributed by atoms with Crippen molar-refractivity contribution in [3.8, 4) is 5.75 Å². The van der Waals surface area contributed by atoms with E-state index in [4.69, 9.17) is 10.8 Å². The maximum absolute atomic E-state index is 13.2. The van der Waals surface area contributed by atoms with Crippen LogP contribution in [-0.4, -0.2) is 92.8 Å². The summed E-state index contributed by atoms with van der Waals surface area (Å²) in [4.78, 5) is 73.1. The highest BCUT2D eigenvalue weighted by Crippen LogP contribution is 2.12. The number of rotatable bonds is 16. The Balaban J connectivity index is 3.06. The second-order valence-corrected chi connectivity index (χ2v) is 9.54. The van der Waals surface area contributed by atoms with Gasteiger partial charge in [0, 0.05) is 12.8 Å². The van der Waals surface area contributed by atoms with Crippen LogP contribution >= 0.6 is 0 Å². The maximum Gasteiger partial charge on any atom is 0.326 e. The summed E-state index contributed by atoms with van der Waals surface area (Å²) in [6.07, 6.45) is -2.26. The van der Waals surface area contributed by atoms with E-state index in [1.165, 1.54) is 31.2 Å². The molecule has 0 bridgehead atoms. The minimum Gasteiger partial charge on any atom is -0.508 e. The molecule has 0 saturated carbocycles. The summed E-state index contributed by atoms with van der Waals surface area (Å²) in [7, 11) is 0. The van der Waals surface area contributed by atoms with Crippen LogP contribution in [0.3, 0.4) is 0 Å². The molecule has 1 rings (SSSR count). The van der Waals surface area contributed by atoms with Gasteiger partial charge in [-0.1, -0.05) is 26.0 Å². The molecule has 10 N–H and O–H groups in total. The molecule has 0 aliphatic carbocycles. The van der Waals surface area contributed by atoms with Gasteiger partial charge >= 0.3 is 11.9 Å². The number of aliphatic hydroxyl groups excluding tert-OH is 1. The van der Waals surface area contributed by atoms with Crippen LogP contribution in [0.15, 0.2) is 24.3 Å². The van der Waals surface area contributed by atoms with Crippen molar-refractivity contribution in [3.05, 3.63) is 29.8 Å². The summed E-state index contributed by atoms with van der Waals surface area (Å²) in [6, 6.07) is 0.348. The molecule has 15 heteroatoms. The number of carboxylic acid groups (broad SMARTS) is 2. The van der Waals surface area contributed by atoms with Crippen molar-refractivity contribution in [3.63, 3.8) is 0 Å². The normalized spacial score (nSPS) is 14.7. The third-order valence-electron chi connectivity index (χ3n) is 5.78. The molecule has 0 aliphatic heterocycles. The lowest BCUT2D eigenvalue weighted by Gasteiger charge is -2.25. The SMILES string of the molecule is CC(C)C(NC(=O)CNC(=O)C(CCC(=O)O)NC(=O)C(Cc1ccc(O)cc1)NC(=O)C(N)C(C)O)C(=O)O. The number of nitrogens with one attached hydrogen (secondary N) is 4. The number of nitrogens with two attached hydrogens (primary N) is 1. The van der Waals surface area contributed by atoms with Gasteiger partial charge in [0.15, 0.2) is 0 Å². The number of hydrogen-bond acceptors (Lipinski definition) is 9. The Labute approximate surface area is 230 Å². The number of aliphatic hydroxyl groups is 1. The van der Waals surface area contributed by atoms with Crippen LogP contribution in [0, 0.1) is 5.92 Å². The van der Waals surface area contributed by atoms with Gasteiger partial charge in [-0.15, -0.1) is 0 Å². The number of carboxylic acids is 2. The first-order valence-electron chi connectivity index (χ1n) is 12.5. The number of carbonyl (C=O) groups is 6. The fourth-order valence-corrected chi connectivity index (χ4v) is 3.40. The molecule has 1 aromatic carbocycles. The predicted molar refractivity (Wildman–Crippen MR) is 140 cm³/mol. The van der Waals surface area contributed by atoms with Gasteiger partial charge in [-0.2, -0.15) is 0 Å². The van der Waals surface area contributed by atoms with Gasteiger partial charge in [0.25, 0.3) is 0 Å². The van der Waals surface area contributed by atoms with Crippen LogP contribution in [0.2, 0.25) is 0 Å². The molecule has 1 aromatic rings. The van der Waals surface area contributed by atoms with Gasteiger partial charge in [0.2, 0.25) is 23.6 Å². The van der Waals surface area contributed by atoms with Gasteiger partial charge in [0.05, 0.1) is 12.6 Å². The van der Waals surface area contributed by atoms with Crippen molar-refractivity contribution < 1.29 is 49.2 Å². The number of carbonyl (C=O) groups excluding carboxylic acids is 4. The summed E-state index contributed by atoms with van der Waals surface area (Å²) in [5, 5.41) is 46.7. The third kappa shape index (κ3) is 11.7. The quantitative estimate of drug-likeness (QED) is 0.104. The molecule has 0 aromatic heterocycles. The van der Waals surface area contributed by atoms with E-state index in [0.717, 1.165) is 0 Å². The fourth-order valence-electron chi connectivity index (χ4n) is 3.40.